The van der Waals surface area contributed by atoms with Gasteiger partial charge in [0.15, 0.2) is 0 Å². The summed E-state index contributed by atoms with van der Waals surface area (Å²) in [5, 5.41) is 1.62. The smallest absolute Gasteiger partial charge is 0.280 e. The van der Waals surface area contributed by atoms with Crippen LogP contribution in [0.4, 0.5) is 0 Å². The van der Waals surface area contributed by atoms with Gasteiger partial charge in [-0.2, -0.15) is 4.98 Å². The number of alkyl halides is 1. The molecule has 0 saturated heterocycles. The summed E-state index contributed by atoms with van der Waals surface area (Å²) in [6.07, 6.45) is 0.849. The van der Waals surface area contributed by atoms with E-state index in [1.807, 2.05) is 19.1 Å². The van der Waals surface area contributed by atoms with Gasteiger partial charge < -0.3 is 4.74 Å². The predicted octanol–water partition coefficient (Wildman–Crippen LogP) is 5.54. The summed E-state index contributed by atoms with van der Waals surface area (Å²) in [5.41, 5.74) is 1.04. The second-order valence-corrected chi connectivity index (χ2v) is 5.61. The number of hydrogen-bond donors (Lipinski definition) is 0. The molecule has 1 aromatic carbocycles. The van der Waals surface area contributed by atoms with E-state index in [2.05, 4.69) is 4.98 Å². The number of rotatable bonds is 4. The van der Waals surface area contributed by atoms with Crippen LogP contribution in [-0.4, -0.2) is 4.98 Å². The predicted molar refractivity (Wildman–Crippen MR) is 77.6 cm³/mol. The molecule has 0 N–H and O–H groups in total. The molecule has 0 aliphatic rings. The highest BCUT2D eigenvalue weighted by Crippen LogP contribution is 2.34. The van der Waals surface area contributed by atoms with Gasteiger partial charge in [-0.05, 0) is 30.2 Å². The van der Waals surface area contributed by atoms with Crippen molar-refractivity contribution >= 4 is 46.1 Å². The Morgan fingerprint density at radius 2 is 2.11 bits per heavy atom. The molecular weight excluding hydrogens is 313 g/mol. The molecule has 0 aliphatic heterocycles. The van der Waals surface area contributed by atoms with E-state index >= 15 is 0 Å². The first kappa shape index (κ1) is 13.9. The third kappa shape index (κ3) is 3.09. The summed E-state index contributed by atoms with van der Waals surface area (Å²) in [6.45, 7) is 2.04. The van der Waals surface area contributed by atoms with Gasteiger partial charge in [-0.1, -0.05) is 41.5 Å². The highest BCUT2D eigenvalue weighted by Gasteiger charge is 2.10. The zero-order valence-corrected chi connectivity index (χ0v) is 12.6. The number of benzene rings is 1. The Labute approximate surface area is 124 Å². The molecule has 0 bridgehead atoms. The van der Waals surface area contributed by atoms with E-state index in [1.54, 1.807) is 6.07 Å². The van der Waals surface area contributed by atoms with Crippen LogP contribution in [0.3, 0.4) is 0 Å². The molecule has 1 aromatic heterocycles. The van der Waals surface area contributed by atoms with Crippen LogP contribution in [0.1, 0.15) is 17.4 Å². The van der Waals surface area contributed by atoms with Crippen LogP contribution in [0.5, 0.6) is 10.9 Å². The number of thiazole rings is 1. The zero-order chi connectivity index (χ0) is 13.1. The minimum absolute atomic E-state index is 0.334. The number of hydrogen-bond acceptors (Lipinski definition) is 3. The van der Waals surface area contributed by atoms with Crippen molar-refractivity contribution in [3.63, 3.8) is 0 Å². The molecule has 0 fully saturated rings. The second-order valence-electron chi connectivity index (χ2n) is 3.54. The molecule has 0 amide bonds. The van der Waals surface area contributed by atoms with E-state index in [4.69, 9.17) is 39.5 Å². The van der Waals surface area contributed by atoms with Crippen molar-refractivity contribution in [2.45, 2.75) is 19.2 Å². The Balaban J connectivity index is 2.22. The van der Waals surface area contributed by atoms with Crippen LogP contribution in [-0.2, 0) is 12.3 Å². The Morgan fingerprint density at radius 1 is 1.33 bits per heavy atom. The number of ether oxygens (including phenoxy) is 1. The number of halogens is 3. The van der Waals surface area contributed by atoms with Gasteiger partial charge in [0.05, 0.1) is 10.8 Å². The number of aromatic nitrogens is 1. The Kier molecular flexibility index (Phi) is 4.73. The van der Waals surface area contributed by atoms with Gasteiger partial charge in [-0.25, -0.2) is 0 Å². The van der Waals surface area contributed by atoms with Crippen LogP contribution in [0.25, 0.3) is 0 Å². The summed E-state index contributed by atoms with van der Waals surface area (Å²) < 4.78 is 5.64. The summed E-state index contributed by atoms with van der Waals surface area (Å²) >= 11 is 19.0. The topological polar surface area (TPSA) is 22.1 Å². The fourth-order valence-electron chi connectivity index (χ4n) is 1.43. The third-order valence-electron chi connectivity index (χ3n) is 2.35. The van der Waals surface area contributed by atoms with Crippen molar-refractivity contribution < 1.29 is 4.74 Å². The molecule has 0 aliphatic carbocycles. The fraction of sp³-hybridized carbons (Fsp3) is 0.250. The minimum Gasteiger partial charge on any atom is -0.431 e. The molecular formula is C12H10Cl3NOS. The minimum atomic E-state index is 0.334. The first-order chi connectivity index (χ1) is 8.63. The van der Waals surface area contributed by atoms with Crippen LogP contribution in [0.2, 0.25) is 10.2 Å². The summed E-state index contributed by atoms with van der Waals surface area (Å²) in [4.78, 5) is 4.90. The molecule has 2 aromatic rings. The summed E-state index contributed by atoms with van der Waals surface area (Å²) in [5.74, 6) is 1.03. The van der Waals surface area contributed by atoms with Gasteiger partial charge >= 0.3 is 0 Å². The normalized spacial score (nSPS) is 10.7. The lowest BCUT2D eigenvalue weighted by Crippen LogP contribution is -1.87. The Morgan fingerprint density at radius 3 is 2.72 bits per heavy atom. The highest BCUT2D eigenvalue weighted by atomic mass is 35.5. The molecule has 0 radical (unpaired) electrons. The fourth-order valence-corrected chi connectivity index (χ4v) is 3.01. The molecule has 1 heterocycles. The van der Waals surface area contributed by atoms with Crippen molar-refractivity contribution in [1.82, 2.24) is 4.98 Å². The first-order valence-corrected chi connectivity index (χ1v) is 7.42. The lowest BCUT2D eigenvalue weighted by atomic mass is 10.2. The van der Waals surface area contributed by atoms with E-state index in [-0.39, 0.29) is 0 Å². The summed E-state index contributed by atoms with van der Waals surface area (Å²) in [7, 11) is 0. The standard InChI is InChI=1S/C12H10Cl3NOS/c1-2-7-5-8(3-4-9(7)14)17-12-16-11(15)10(6-13)18-12/h3-5H,2,6H2,1H3. The van der Waals surface area contributed by atoms with Crippen LogP contribution < -0.4 is 4.74 Å². The van der Waals surface area contributed by atoms with Gasteiger partial charge in [0.1, 0.15) is 10.9 Å². The molecule has 96 valence electrons. The largest absolute Gasteiger partial charge is 0.431 e. The molecule has 6 heteroatoms. The van der Waals surface area contributed by atoms with E-state index in [0.717, 1.165) is 21.9 Å². The van der Waals surface area contributed by atoms with Crippen molar-refractivity contribution in [3.8, 4) is 10.9 Å². The zero-order valence-electron chi connectivity index (χ0n) is 9.54. The average Bonchev–Trinajstić information content (AvgIpc) is 2.72. The van der Waals surface area contributed by atoms with Gasteiger partial charge in [0.2, 0.25) is 0 Å². The molecule has 0 saturated carbocycles. The maximum Gasteiger partial charge on any atom is 0.280 e. The SMILES string of the molecule is CCc1cc(Oc2nc(Cl)c(CCl)s2)ccc1Cl. The monoisotopic (exact) mass is 321 g/mol. The quantitative estimate of drug-likeness (QED) is 0.689. The molecule has 2 rings (SSSR count). The number of nitrogens with zero attached hydrogens (tertiary/aromatic N) is 1. The van der Waals surface area contributed by atoms with E-state index in [0.29, 0.717) is 22.0 Å². The van der Waals surface area contributed by atoms with E-state index < -0.39 is 0 Å². The van der Waals surface area contributed by atoms with Crippen LogP contribution in [0.15, 0.2) is 18.2 Å². The molecule has 0 unspecified atom stereocenters. The van der Waals surface area contributed by atoms with Crippen molar-refractivity contribution in [1.29, 1.82) is 0 Å². The van der Waals surface area contributed by atoms with Crippen LogP contribution >= 0.6 is 46.1 Å². The Hall–Kier alpha value is -0.480. The van der Waals surface area contributed by atoms with E-state index in [9.17, 15) is 0 Å². The average molecular weight is 323 g/mol. The lowest BCUT2D eigenvalue weighted by Gasteiger charge is -2.05. The molecule has 2 nitrogen and oxygen atoms in total. The van der Waals surface area contributed by atoms with Gasteiger partial charge in [0.25, 0.3) is 5.19 Å². The van der Waals surface area contributed by atoms with E-state index in [1.165, 1.54) is 11.3 Å². The molecule has 0 atom stereocenters. The molecule has 0 spiro atoms. The maximum atomic E-state index is 6.04. The lowest BCUT2D eigenvalue weighted by molar-refractivity contribution is 0.478. The summed E-state index contributed by atoms with van der Waals surface area (Å²) in [6, 6.07) is 5.52. The van der Waals surface area contributed by atoms with Gasteiger partial charge in [0, 0.05) is 5.02 Å². The third-order valence-corrected chi connectivity index (χ3v) is 4.51. The van der Waals surface area contributed by atoms with Crippen molar-refractivity contribution in [2.24, 2.45) is 0 Å². The first-order valence-electron chi connectivity index (χ1n) is 5.31. The van der Waals surface area contributed by atoms with Gasteiger partial charge in [-0.15, -0.1) is 11.6 Å². The Bertz CT molecular complexity index is 556. The maximum absolute atomic E-state index is 6.04. The molecule has 18 heavy (non-hydrogen) atoms. The van der Waals surface area contributed by atoms with Crippen molar-refractivity contribution in [3.05, 3.63) is 38.8 Å². The van der Waals surface area contributed by atoms with Crippen LogP contribution in [0, 0.1) is 0 Å². The highest BCUT2D eigenvalue weighted by molar-refractivity contribution is 7.14. The van der Waals surface area contributed by atoms with Gasteiger partial charge in [-0.3, -0.25) is 0 Å². The number of aryl methyl sites for hydroxylation is 1. The second kappa shape index (κ2) is 6.11. The van der Waals surface area contributed by atoms with Crippen molar-refractivity contribution in [2.75, 3.05) is 0 Å².